The van der Waals surface area contributed by atoms with Crippen LogP contribution >= 0.6 is 11.3 Å². The fraction of sp³-hybridized carbons (Fsp3) is 0.600. The Hall–Kier alpha value is -0.950. The summed E-state index contributed by atoms with van der Waals surface area (Å²) in [6, 6.07) is 0. The van der Waals surface area contributed by atoms with Crippen molar-refractivity contribution in [1.29, 1.82) is 0 Å². The first-order chi connectivity index (χ1) is 7.84. The Morgan fingerprint density at radius 1 is 1.59 bits per heavy atom. The molecule has 0 saturated carbocycles. The van der Waals surface area contributed by atoms with Crippen molar-refractivity contribution < 1.29 is 18.0 Å². The molecule has 96 valence electrons. The highest BCUT2D eigenvalue weighted by atomic mass is 32.1. The molecular weight excluding hydrogens is 253 g/mol. The smallest absolute Gasteiger partial charge is 0.330 e. The summed E-state index contributed by atoms with van der Waals surface area (Å²) in [4.78, 5) is 14.8. The predicted octanol–water partition coefficient (Wildman–Crippen LogP) is 2.72. The van der Waals surface area contributed by atoms with Gasteiger partial charge in [-0.3, -0.25) is 4.79 Å². The highest BCUT2D eigenvalue weighted by molar-refractivity contribution is 7.13. The van der Waals surface area contributed by atoms with Gasteiger partial charge in [0.1, 0.15) is 0 Å². The number of carbonyl (C=O) groups is 1. The minimum absolute atomic E-state index is 0.0570. The van der Waals surface area contributed by atoms with Gasteiger partial charge in [-0.2, -0.15) is 13.2 Å². The van der Waals surface area contributed by atoms with Crippen LogP contribution in [0.1, 0.15) is 34.4 Å². The fourth-order valence-electron chi connectivity index (χ4n) is 1.15. The van der Waals surface area contributed by atoms with Crippen LogP contribution in [0.3, 0.4) is 0 Å². The first kappa shape index (κ1) is 14.1. The molecule has 1 rings (SSSR count). The van der Waals surface area contributed by atoms with Crippen molar-refractivity contribution in [3.63, 3.8) is 0 Å². The van der Waals surface area contributed by atoms with Gasteiger partial charge in [0, 0.05) is 12.6 Å². The number of nitrogens with zero attached hydrogens (tertiary/aromatic N) is 1. The van der Waals surface area contributed by atoms with Gasteiger partial charge < -0.3 is 5.73 Å². The number of ketones is 1. The number of rotatable bonds is 5. The van der Waals surface area contributed by atoms with Crippen molar-refractivity contribution in [1.82, 2.24) is 4.98 Å². The summed E-state index contributed by atoms with van der Waals surface area (Å²) in [6.07, 6.45) is -2.71. The molecule has 0 aliphatic rings. The van der Waals surface area contributed by atoms with E-state index in [9.17, 15) is 18.0 Å². The Labute approximate surface area is 101 Å². The molecule has 1 aromatic heterocycles. The lowest BCUT2D eigenvalue weighted by Crippen LogP contribution is -2.12. The van der Waals surface area contributed by atoms with Gasteiger partial charge in [-0.05, 0) is 18.9 Å². The fourth-order valence-corrected chi connectivity index (χ4v) is 1.90. The lowest BCUT2D eigenvalue weighted by Gasteiger charge is -2.05. The molecule has 0 radical (unpaired) electrons. The van der Waals surface area contributed by atoms with Gasteiger partial charge in [0.25, 0.3) is 0 Å². The topological polar surface area (TPSA) is 56.0 Å². The highest BCUT2D eigenvalue weighted by Crippen LogP contribution is 2.32. The van der Waals surface area contributed by atoms with Crippen molar-refractivity contribution in [3.8, 4) is 0 Å². The molecule has 0 saturated heterocycles. The number of thiazole rings is 1. The molecular formula is C10H13F3N2OS. The zero-order valence-electron chi connectivity index (χ0n) is 9.25. The lowest BCUT2D eigenvalue weighted by molar-refractivity contribution is -0.137. The average Bonchev–Trinajstić information content (AvgIpc) is 2.74. The summed E-state index contributed by atoms with van der Waals surface area (Å²) in [7, 11) is 0. The van der Waals surface area contributed by atoms with Gasteiger partial charge in [-0.25, -0.2) is 4.98 Å². The summed E-state index contributed by atoms with van der Waals surface area (Å²) in [6.45, 7) is 2.35. The molecule has 0 spiro atoms. The predicted molar refractivity (Wildman–Crippen MR) is 58.9 cm³/mol. The molecule has 1 heterocycles. The summed E-state index contributed by atoms with van der Waals surface area (Å²) < 4.78 is 36.8. The first-order valence-corrected chi connectivity index (χ1v) is 5.92. The van der Waals surface area contributed by atoms with Crippen molar-refractivity contribution in [2.75, 3.05) is 6.54 Å². The van der Waals surface area contributed by atoms with Crippen LogP contribution in [0.5, 0.6) is 0 Å². The van der Waals surface area contributed by atoms with E-state index in [4.69, 9.17) is 5.73 Å². The van der Waals surface area contributed by atoms with Gasteiger partial charge >= 0.3 is 6.18 Å². The minimum atomic E-state index is -4.48. The summed E-state index contributed by atoms with van der Waals surface area (Å²) in [5.41, 5.74) is 5.39. The molecule has 17 heavy (non-hydrogen) atoms. The SMILES string of the molecule is CC(CN)CCC(=O)c1cnc(C(F)(F)F)s1. The van der Waals surface area contributed by atoms with E-state index < -0.39 is 11.2 Å². The normalized spacial score (nSPS) is 13.7. The summed E-state index contributed by atoms with van der Waals surface area (Å²) in [5, 5.41) is -0.979. The molecule has 1 aromatic rings. The Morgan fingerprint density at radius 3 is 2.71 bits per heavy atom. The average molecular weight is 266 g/mol. The maximum absolute atomic E-state index is 12.3. The number of carbonyl (C=O) groups excluding carboxylic acids is 1. The van der Waals surface area contributed by atoms with Crippen LogP contribution in [-0.2, 0) is 6.18 Å². The minimum Gasteiger partial charge on any atom is -0.330 e. The van der Waals surface area contributed by atoms with Crippen LogP contribution in [0.2, 0.25) is 0 Å². The second-order valence-corrected chi connectivity index (χ2v) is 4.86. The molecule has 0 aliphatic heterocycles. The zero-order valence-corrected chi connectivity index (χ0v) is 10.1. The van der Waals surface area contributed by atoms with Crippen LogP contribution in [-0.4, -0.2) is 17.3 Å². The number of halogens is 3. The molecule has 1 atom stereocenters. The van der Waals surface area contributed by atoms with E-state index in [2.05, 4.69) is 4.98 Å². The summed E-state index contributed by atoms with van der Waals surface area (Å²) >= 11 is 0.390. The van der Waals surface area contributed by atoms with Gasteiger partial charge in [0.05, 0.1) is 4.88 Å². The van der Waals surface area contributed by atoms with Gasteiger partial charge in [0.2, 0.25) is 0 Å². The highest BCUT2D eigenvalue weighted by Gasteiger charge is 2.35. The largest absolute Gasteiger partial charge is 0.443 e. The second kappa shape index (κ2) is 5.59. The molecule has 0 amide bonds. The van der Waals surface area contributed by atoms with Crippen molar-refractivity contribution >= 4 is 17.1 Å². The third-order valence-electron chi connectivity index (χ3n) is 2.29. The first-order valence-electron chi connectivity index (χ1n) is 5.11. The molecule has 1 unspecified atom stereocenters. The molecule has 0 bridgehead atoms. The maximum Gasteiger partial charge on any atom is 0.443 e. The monoisotopic (exact) mass is 266 g/mol. The number of nitrogens with two attached hydrogens (primary N) is 1. The Bertz CT molecular complexity index is 389. The van der Waals surface area contributed by atoms with E-state index in [0.29, 0.717) is 24.3 Å². The third kappa shape index (κ3) is 4.08. The maximum atomic E-state index is 12.3. The van der Waals surface area contributed by atoms with Crippen LogP contribution in [0.4, 0.5) is 13.2 Å². The number of hydrogen-bond donors (Lipinski definition) is 1. The van der Waals surface area contributed by atoms with Crippen molar-refractivity contribution in [2.24, 2.45) is 11.7 Å². The van der Waals surface area contributed by atoms with E-state index in [-0.39, 0.29) is 23.0 Å². The van der Waals surface area contributed by atoms with Crippen LogP contribution in [0.15, 0.2) is 6.20 Å². The third-order valence-corrected chi connectivity index (χ3v) is 3.37. The van der Waals surface area contributed by atoms with Crippen LogP contribution in [0.25, 0.3) is 0 Å². The van der Waals surface area contributed by atoms with Crippen molar-refractivity contribution in [3.05, 3.63) is 16.1 Å². The van der Waals surface area contributed by atoms with Crippen molar-refractivity contribution in [2.45, 2.75) is 25.9 Å². The van der Waals surface area contributed by atoms with Crippen LogP contribution in [0, 0.1) is 5.92 Å². The number of hydrogen-bond acceptors (Lipinski definition) is 4. The van der Waals surface area contributed by atoms with E-state index in [0.717, 1.165) is 6.20 Å². The quantitative estimate of drug-likeness (QED) is 0.834. The van der Waals surface area contributed by atoms with Gasteiger partial charge in [-0.15, -0.1) is 11.3 Å². The molecule has 7 heteroatoms. The van der Waals surface area contributed by atoms with Crippen LogP contribution < -0.4 is 5.73 Å². The number of alkyl halides is 3. The second-order valence-electron chi connectivity index (χ2n) is 3.83. The van der Waals surface area contributed by atoms with E-state index in [1.807, 2.05) is 6.92 Å². The Morgan fingerprint density at radius 2 is 2.24 bits per heavy atom. The standard InChI is InChI=1S/C10H13F3N2OS/c1-6(4-14)2-3-7(16)8-5-15-9(17-8)10(11,12)13/h5-6H,2-4,14H2,1H3. The molecule has 2 N–H and O–H groups in total. The lowest BCUT2D eigenvalue weighted by atomic mass is 10.0. The molecule has 0 aliphatic carbocycles. The van der Waals surface area contributed by atoms with E-state index >= 15 is 0 Å². The Balaban J connectivity index is 2.61. The summed E-state index contributed by atoms with van der Waals surface area (Å²) in [5.74, 6) is -0.118. The molecule has 3 nitrogen and oxygen atoms in total. The van der Waals surface area contributed by atoms with E-state index in [1.165, 1.54) is 0 Å². The Kier molecular flexibility index (Phi) is 4.64. The van der Waals surface area contributed by atoms with Gasteiger partial charge in [0.15, 0.2) is 10.8 Å². The molecule has 0 fully saturated rings. The zero-order chi connectivity index (χ0) is 13.1. The molecule has 0 aromatic carbocycles. The van der Waals surface area contributed by atoms with E-state index in [1.54, 1.807) is 0 Å². The number of aromatic nitrogens is 1. The van der Waals surface area contributed by atoms with Gasteiger partial charge in [-0.1, -0.05) is 6.92 Å². The number of Topliss-reactive ketones (excluding diaryl/α,β-unsaturated/α-hetero) is 1.